The highest BCUT2D eigenvalue weighted by molar-refractivity contribution is 7.13. The maximum Gasteiger partial charge on any atom is 0.230 e. The number of methoxy groups -OCH3 is 1. The fraction of sp³-hybridized carbons (Fsp3) is 0.227. The van der Waals surface area contributed by atoms with Crippen LogP contribution < -0.4 is 10.1 Å². The van der Waals surface area contributed by atoms with E-state index in [1.807, 2.05) is 36.6 Å². The molecule has 148 valence electrons. The Kier molecular flexibility index (Phi) is 5.31. The molecular formula is C22H22N4O2S. The standard InChI is InChI=1S/C22H22N4O2S/c1-4-26-12-17(16-6-5-9-23-21(16)26)22-24-15(13-29-22)11-20(27)25-18-10-14(2)7-8-19(18)28-3/h5-10,12-13H,4,11H2,1-3H3,(H,25,27). The molecule has 3 heterocycles. The number of amides is 1. The number of aryl methyl sites for hydroxylation is 2. The van der Waals surface area contributed by atoms with Crippen LogP contribution in [0.5, 0.6) is 5.75 Å². The fourth-order valence-electron chi connectivity index (χ4n) is 3.32. The molecule has 29 heavy (non-hydrogen) atoms. The molecule has 0 unspecified atom stereocenters. The smallest absolute Gasteiger partial charge is 0.230 e. The van der Waals surface area contributed by atoms with Crippen LogP contribution in [-0.4, -0.2) is 27.6 Å². The van der Waals surface area contributed by atoms with Crippen molar-refractivity contribution in [3.05, 3.63) is 59.4 Å². The number of pyridine rings is 1. The van der Waals surface area contributed by atoms with E-state index in [1.165, 1.54) is 0 Å². The number of aromatic nitrogens is 3. The first-order chi connectivity index (χ1) is 14.1. The van der Waals surface area contributed by atoms with Crippen molar-refractivity contribution in [2.24, 2.45) is 0 Å². The number of fused-ring (bicyclic) bond motifs is 1. The van der Waals surface area contributed by atoms with Gasteiger partial charge in [-0.2, -0.15) is 0 Å². The van der Waals surface area contributed by atoms with Crippen molar-refractivity contribution in [1.82, 2.24) is 14.5 Å². The van der Waals surface area contributed by atoms with E-state index in [4.69, 9.17) is 9.72 Å². The molecule has 3 aromatic heterocycles. The predicted molar refractivity (Wildman–Crippen MR) is 117 cm³/mol. The highest BCUT2D eigenvalue weighted by Gasteiger charge is 2.15. The first kappa shape index (κ1) is 19.1. The van der Waals surface area contributed by atoms with Gasteiger partial charge in [-0.1, -0.05) is 6.07 Å². The fourth-order valence-corrected chi connectivity index (χ4v) is 4.17. The lowest BCUT2D eigenvalue weighted by Gasteiger charge is -2.10. The summed E-state index contributed by atoms with van der Waals surface area (Å²) in [6.07, 6.45) is 4.09. The molecule has 0 radical (unpaired) electrons. The summed E-state index contributed by atoms with van der Waals surface area (Å²) in [6, 6.07) is 9.69. The van der Waals surface area contributed by atoms with Crippen LogP contribution in [0.4, 0.5) is 5.69 Å². The minimum atomic E-state index is -0.122. The Morgan fingerprint density at radius 2 is 2.17 bits per heavy atom. The van der Waals surface area contributed by atoms with Crippen LogP contribution in [0, 0.1) is 6.92 Å². The lowest BCUT2D eigenvalue weighted by Crippen LogP contribution is -2.15. The van der Waals surface area contributed by atoms with Crippen LogP contribution >= 0.6 is 11.3 Å². The molecule has 1 N–H and O–H groups in total. The molecule has 4 rings (SSSR count). The third-order valence-electron chi connectivity index (χ3n) is 4.73. The summed E-state index contributed by atoms with van der Waals surface area (Å²) in [4.78, 5) is 21.7. The van der Waals surface area contributed by atoms with Crippen LogP contribution in [-0.2, 0) is 17.8 Å². The number of nitrogens with zero attached hydrogens (tertiary/aromatic N) is 3. The molecule has 0 aliphatic heterocycles. The van der Waals surface area contributed by atoms with Crippen LogP contribution in [0.15, 0.2) is 48.1 Å². The van der Waals surface area contributed by atoms with Crippen LogP contribution in [0.1, 0.15) is 18.2 Å². The predicted octanol–water partition coefficient (Wildman–Crippen LogP) is 4.68. The largest absolute Gasteiger partial charge is 0.495 e. The van der Waals surface area contributed by atoms with Gasteiger partial charge in [0.05, 0.1) is 24.9 Å². The van der Waals surface area contributed by atoms with Crippen molar-refractivity contribution in [2.75, 3.05) is 12.4 Å². The third-order valence-corrected chi connectivity index (χ3v) is 5.65. The number of hydrogen-bond donors (Lipinski definition) is 1. The summed E-state index contributed by atoms with van der Waals surface area (Å²) >= 11 is 1.54. The van der Waals surface area contributed by atoms with E-state index in [0.717, 1.165) is 39.4 Å². The van der Waals surface area contributed by atoms with Crippen LogP contribution in [0.25, 0.3) is 21.6 Å². The minimum absolute atomic E-state index is 0.122. The van der Waals surface area contributed by atoms with Gasteiger partial charge in [0.15, 0.2) is 0 Å². The average molecular weight is 407 g/mol. The Morgan fingerprint density at radius 1 is 1.31 bits per heavy atom. The van der Waals surface area contributed by atoms with E-state index in [0.29, 0.717) is 11.4 Å². The minimum Gasteiger partial charge on any atom is -0.495 e. The van der Waals surface area contributed by atoms with E-state index >= 15 is 0 Å². The number of carbonyl (C=O) groups excluding carboxylic acids is 1. The second-order valence-corrected chi connectivity index (χ2v) is 7.63. The molecule has 1 amide bonds. The lowest BCUT2D eigenvalue weighted by atomic mass is 10.2. The molecule has 4 aromatic rings. The van der Waals surface area contributed by atoms with Crippen LogP contribution in [0.2, 0.25) is 0 Å². The number of hydrogen-bond acceptors (Lipinski definition) is 5. The van der Waals surface area contributed by atoms with Crippen molar-refractivity contribution >= 4 is 34.0 Å². The van der Waals surface area contributed by atoms with Gasteiger partial charge in [-0.05, 0) is 43.7 Å². The molecule has 0 aliphatic carbocycles. The molecule has 6 nitrogen and oxygen atoms in total. The highest BCUT2D eigenvalue weighted by Crippen LogP contribution is 2.32. The summed E-state index contributed by atoms with van der Waals surface area (Å²) in [5.41, 5.74) is 4.47. The SMILES string of the molecule is CCn1cc(-c2nc(CC(=O)Nc3cc(C)ccc3OC)cs2)c2cccnc21. The van der Waals surface area contributed by atoms with Gasteiger partial charge >= 0.3 is 0 Å². The first-order valence-electron chi connectivity index (χ1n) is 9.42. The topological polar surface area (TPSA) is 69.0 Å². The maximum absolute atomic E-state index is 12.6. The van der Waals surface area contributed by atoms with Crippen LogP contribution in [0.3, 0.4) is 0 Å². The molecule has 0 saturated carbocycles. The van der Waals surface area contributed by atoms with Crippen molar-refractivity contribution in [3.8, 4) is 16.3 Å². The molecular weight excluding hydrogens is 384 g/mol. The van der Waals surface area contributed by atoms with E-state index in [1.54, 1.807) is 24.6 Å². The zero-order chi connectivity index (χ0) is 20.4. The normalized spacial score (nSPS) is 11.0. The molecule has 0 saturated heterocycles. The van der Waals surface area contributed by atoms with Gasteiger partial charge < -0.3 is 14.6 Å². The number of anilines is 1. The Labute approximate surface area is 173 Å². The number of carbonyl (C=O) groups is 1. The molecule has 7 heteroatoms. The summed E-state index contributed by atoms with van der Waals surface area (Å²) < 4.78 is 7.44. The zero-order valence-corrected chi connectivity index (χ0v) is 17.4. The first-order valence-corrected chi connectivity index (χ1v) is 10.3. The Bertz CT molecular complexity index is 1180. The summed E-state index contributed by atoms with van der Waals surface area (Å²) in [7, 11) is 1.59. The molecule has 0 aliphatic rings. The highest BCUT2D eigenvalue weighted by atomic mass is 32.1. The number of nitrogens with one attached hydrogen (secondary N) is 1. The molecule has 0 bridgehead atoms. The van der Waals surface area contributed by atoms with Gasteiger partial charge in [-0.25, -0.2) is 9.97 Å². The lowest BCUT2D eigenvalue weighted by molar-refractivity contribution is -0.115. The number of benzene rings is 1. The van der Waals surface area contributed by atoms with E-state index in [2.05, 4.69) is 34.1 Å². The quantitative estimate of drug-likeness (QED) is 0.505. The van der Waals surface area contributed by atoms with Gasteiger partial charge in [0.2, 0.25) is 5.91 Å². The monoisotopic (exact) mass is 406 g/mol. The second-order valence-electron chi connectivity index (χ2n) is 6.78. The van der Waals surface area contributed by atoms with Crippen molar-refractivity contribution in [1.29, 1.82) is 0 Å². The molecule has 0 fully saturated rings. The van der Waals surface area contributed by atoms with Crippen molar-refractivity contribution < 1.29 is 9.53 Å². The zero-order valence-electron chi connectivity index (χ0n) is 16.6. The Balaban J connectivity index is 1.55. The van der Waals surface area contributed by atoms with E-state index in [-0.39, 0.29) is 12.3 Å². The van der Waals surface area contributed by atoms with Gasteiger partial charge in [0.1, 0.15) is 16.4 Å². The van der Waals surface area contributed by atoms with Gasteiger partial charge in [-0.3, -0.25) is 4.79 Å². The number of ether oxygens (including phenoxy) is 1. The molecule has 1 aromatic carbocycles. The van der Waals surface area contributed by atoms with Crippen molar-refractivity contribution in [3.63, 3.8) is 0 Å². The number of rotatable bonds is 6. The average Bonchev–Trinajstić information content (AvgIpc) is 3.32. The van der Waals surface area contributed by atoms with Gasteiger partial charge in [0, 0.05) is 35.3 Å². The number of thiazole rings is 1. The summed E-state index contributed by atoms with van der Waals surface area (Å²) in [5.74, 6) is 0.520. The summed E-state index contributed by atoms with van der Waals surface area (Å²) in [6.45, 7) is 4.91. The van der Waals surface area contributed by atoms with E-state index < -0.39 is 0 Å². The Morgan fingerprint density at radius 3 is 2.97 bits per heavy atom. The van der Waals surface area contributed by atoms with Gasteiger partial charge in [0.25, 0.3) is 0 Å². The third kappa shape index (κ3) is 3.86. The Hall–Kier alpha value is -3.19. The maximum atomic E-state index is 12.6. The second kappa shape index (κ2) is 8.05. The van der Waals surface area contributed by atoms with Crippen molar-refractivity contribution in [2.45, 2.75) is 26.8 Å². The molecule has 0 spiro atoms. The molecule has 0 atom stereocenters. The van der Waals surface area contributed by atoms with E-state index in [9.17, 15) is 4.79 Å². The van der Waals surface area contributed by atoms with Gasteiger partial charge in [-0.15, -0.1) is 11.3 Å². The summed E-state index contributed by atoms with van der Waals surface area (Å²) in [5, 5.41) is 6.84.